The van der Waals surface area contributed by atoms with Crippen LogP contribution in [0.4, 0.5) is 23.2 Å². The smallest absolute Gasteiger partial charge is 0.422 e. The van der Waals surface area contributed by atoms with E-state index in [1.807, 2.05) is 0 Å². The Hall–Kier alpha value is -2.79. The molecular weight excluding hydrogens is 342 g/mol. The maximum atomic E-state index is 14.1. The van der Waals surface area contributed by atoms with E-state index in [1.165, 1.54) is 0 Å². The summed E-state index contributed by atoms with van der Waals surface area (Å²) in [6.07, 6.45) is -4.59. The van der Waals surface area contributed by atoms with Gasteiger partial charge in [0.1, 0.15) is 6.10 Å². The molecule has 8 nitrogen and oxygen atoms in total. The lowest BCUT2D eigenvalue weighted by molar-refractivity contribution is -0.385. The molecule has 0 saturated heterocycles. The highest BCUT2D eigenvalue weighted by Gasteiger charge is 2.70. The predicted molar refractivity (Wildman–Crippen MR) is 68.1 cm³/mol. The molecule has 0 amide bonds. The van der Waals surface area contributed by atoms with Crippen molar-refractivity contribution in [3.05, 3.63) is 49.6 Å². The molecule has 0 N–H and O–H groups in total. The lowest BCUT2D eigenvalue weighted by atomic mass is 9.84. The lowest BCUT2D eigenvalue weighted by Gasteiger charge is -2.27. The van der Waals surface area contributed by atoms with Crippen LogP contribution in [-0.4, -0.2) is 28.4 Å². The van der Waals surface area contributed by atoms with Crippen molar-refractivity contribution in [1.29, 1.82) is 0 Å². The fourth-order valence-electron chi connectivity index (χ4n) is 2.81. The highest BCUT2D eigenvalue weighted by Crippen LogP contribution is 2.56. The van der Waals surface area contributed by atoms with E-state index >= 15 is 0 Å². The molecule has 1 fully saturated rings. The fraction of sp³-hybridized carbons (Fsp3) is 0.417. The fourth-order valence-corrected chi connectivity index (χ4v) is 2.81. The van der Waals surface area contributed by atoms with Gasteiger partial charge in [-0.2, -0.15) is 0 Å². The van der Waals surface area contributed by atoms with Crippen LogP contribution in [0.1, 0.15) is 12.0 Å². The molecule has 24 heavy (non-hydrogen) atoms. The van der Waals surface area contributed by atoms with Gasteiger partial charge >= 0.3 is 6.02 Å². The molecule has 1 aromatic rings. The molecule has 0 aromatic heterocycles. The summed E-state index contributed by atoms with van der Waals surface area (Å²) in [7, 11) is 0. The van der Waals surface area contributed by atoms with Crippen LogP contribution in [0.15, 0.2) is 17.1 Å². The Bertz CT molecular complexity index is 786. The van der Waals surface area contributed by atoms with Crippen LogP contribution >= 0.6 is 0 Å². The zero-order valence-electron chi connectivity index (χ0n) is 11.5. The first kappa shape index (κ1) is 16.1. The number of fused-ring (bicyclic) bond motifs is 1. The standard InChI is InChI=1S/C12H7F4N3O5/c13-7-2-4(18(20)21)1-6(9(7)14)12(10(15)16)5-3-8(5)24-11(17-12)19(22)23/h1-2,5,8,10H,3H2/t5-,8+,12-/m0/s1. The van der Waals surface area contributed by atoms with E-state index in [0.717, 1.165) is 0 Å². The molecule has 0 unspecified atom stereocenters. The van der Waals surface area contributed by atoms with Crippen LogP contribution in [0, 0.1) is 37.8 Å². The van der Waals surface area contributed by atoms with Crippen molar-refractivity contribution in [2.45, 2.75) is 24.5 Å². The van der Waals surface area contributed by atoms with Crippen LogP contribution < -0.4 is 0 Å². The van der Waals surface area contributed by atoms with Gasteiger partial charge in [-0.3, -0.25) is 10.1 Å². The number of hydrogen-bond donors (Lipinski definition) is 0. The largest absolute Gasteiger partial charge is 0.536 e. The third kappa shape index (κ3) is 2.17. The van der Waals surface area contributed by atoms with E-state index in [9.17, 15) is 37.8 Å². The van der Waals surface area contributed by atoms with Gasteiger partial charge in [0.15, 0.2) is 11.6 Å². The second kappa shape index (κ2) is 5.11. The van der Waals surface area contributed by atoms with E-state index in [0.29, 0.717) is 6.07 Å². The second-order valence-corrected chi connectivity index (χ2v) is 5.32. The normalized spacial score (nSPS) is 28.0. The Labute approximate surface area is 130 Å². The summed E-state index contributed by atoms with van der Waals surface area (Å²) < 4.78 is 60.1. The van der Waals surface area contributed by atoms with Crippen molar-refractivity contribution in [1.82, 2.24) is 0 Å². The van der Waals surface area contributed by atoms with Gasteiger partial charge in [0.05, 0.1) is 22.5 Å². The van der Waals surface area contributed by atoms with E-state index in [1.54, 1.807) is 0 Å². The SMILES string of the molecule is O=[N+]([O-])C1=N[C@@](c2cc([N+](=O)[O-])cc(F)c2F)(C(F)F)[C@H]2C[C@H]2O1. The number of alkyl halides is 2. The number of hydrogen-bond acceptors (Lipinski definition) is 6. The van der Waals surface area contributed by atoms with E-state index < -0.39 is 62.7 Å². The van der Waals surface area contributed by atoms with Crippen LogP contribution in [-0.2, 0) is 10.3 Å². The maximum Gasteiger partial charge on any atom is 0.536 e. The van der Waals surface area contributed by atoms with Crippen molar-refractivity contribution >= 4 is 11.7 Å². The van der Waals surface area contributed by atoms with Crippen molar-refractivity contribution < 1.29 is 32.1 Å². The van der Waals surface area contributed by atoms with Gasteiger partial charge in [0.2, 0.25) is 5.54 Å². The van der Waals surface area contributed by atoms with Gasteiger partial charge in [-0.1, -0.05) is 0 Å². The maximum absolute atomic E-state index is 14.1. The number of rotatable bonds is 3. The third-order valence-corrected chi connectivity index (χ3v) is 3.98. The minimum absolute atomic E-state index is 0.102. The molecule has 1 saturated carbocycles. The number of non-ortho nitro benzene ring substituents is 1. The van der Waals surface area contributed by atoms with Crippen LogP contribution in [0.5, 0.6) is 0 Å². The van der Waals surface area contributed by atoms with E-state index in [2.05, 4.69) is 4.99 Å². The Morgan fingerprint density at radius 1 is 1.25 bits per heavy atom. The summed E-state index contributed by atoms with van der Waals surface area (Å²) in [5.74, 6) is -4.64. The van der Waals surface area contributed by atoms with Crippen molar-refractivity contribution in [2.24, 2.45) is 10.9 Å². The average Bonchev–Trinajstić information content (AvgIpc) is 3.28. The van der Waals surface area contributed by atoms with Gasteiger partial charge in [0.25, 0.3) is 12.1 Å². The molecule has 0 radical (unpaired) electrons. The second-order valence-electron chi connectivity index (χ2n) is 5.32. The highest BCUT2D eigenvalue weighted by atomic mass is 19.3. The van der Waals surface area contributed by atoms with Gasteiger partial charge in [-0.25, -0.2) is 17.6 Å². The summed E-state index contributed by atoms with van der Waals surface area (Å²) >= 11 is 0. The molecule has 1 heterocycles. The number of ether oxygens (including phenoxy) is 1. The molecule has 12 heteroatoms. The summed E-state index contributed by atoms with van der Waals surface area (Å²) in [4.78, 5) is 22.6. The number of nitrogens with zero attached hydrogens (tertiary/aromatic N) is 3. The summed E-state index contributed by atoms with van der Waals surface area (Å²) in [5.41, 5.74) is -4.88. The first-order valence-corrected chi connectivity index (χ1v) is 6.51. The Balaban J connectivity index is 2.29. The lowest BCUT2D eigenvalue weighted by Crippen LogP contribution is -2.43. The van der Waals surface area contributed by atoms with E-state index in [-0.39, 0.29) is 12.5 Å². The van der Waals surface area contributed by atoms with Crippen molar-refractivity contribution in [2.75, 3.05) is 0 Å². The highest BCUT2D eigenvalue weighted by molar-refractivity contribution is 5.68. The Morgan fingerprint density at radius 2 is 1.92 bits per heavy atom. The van der Waals surface area contributed by atoms with Gasteiger partial charge in [0, 0.05) is 11.0 Å². The number of benzene rings is 1. The molecule has 3 rings (SSSR count). The summed E-state index contributed by atoms with van der Waals surface area (Å²) in [6.45, 7) is 0. The Morgan fingerprint density at radius 3 is 2.46 bits per heavy atom. The van der Waals surface area contributed by atoms with Crippen LogP contribution in [0.3, 0.4) is 0 Å². The van der Waals surface area contributed by atoms with Crippen LogP contribution in [0.25, 0.3) is 0 Å². The molecule has 3 atom stereocenters. The molecule has 1 aromatic carbocycles. The number of amidine groups is 1. The summed E-state index contributed by atoms with van der Waals surface area (Å²) in [6, 6.07) is -0.605. The van der Waals surface area contributed by atoms with E-state index in [4.69, 9.17) is 4.74 Å². The molecule has 0 spiro atoms. The quantitative estimate of drug-likeness (QED) is 0.473. The summed E-state index contributed by atoms with van der Waals surface area (Å²) in [5, 5.41) is 21.6. The topological polar surface area (TPSA) is 108 Å². The average molecular weight is 349 g/mol. The minimum atomic E-state index is -3.47. The first-order chi connectivity index (χ1) is 11.2. The monoisotopic (exact) mass is 349 g/mol. The van der Waals surface area contributed by atoms with Gasteiger partial charge < -0.3 is 14.9 Å². The van der Waals surface area contributed by atoms with Crippen LogP contribution in [0.2, 0.25) is 0 Å². The first-order valence-electron chi connectivity index (χ1n) is 6.51. The number of halogens is 4. The molecule has 2 aliphatic rings. The third-order valence-electron chi connectivity index (χ3n) is 3.98. The van der Waals surface area contributed by atoms with Crippen molar-refractivity contribution in [3.8, 4) is 0 Å². The van der Waals surface area contributed by atoms with Gasteiger partial charge in [-0.15, -0.1) is 0 Å². The number of aliphatic imine (C=N–C) groups is 1. The molecule has 1 aliphatic heterocycles. The zero-order valence-corrected chi connectivity index (χ0v) is 11.5. The number of nitro groups is 2. The molecular formula is C12H7F4N3O5. The molecule has 0 bridgehead atoms. The zero-order chi connectivity index (χ0) is 17.8. The Kier molecular flexibility index (Phi) is 3.42. The molecule has 128 valence electrons. The van der Waals surface area contributed by atoms with Crippen molar-refractivity contribution in [3.63, 3.8) is 0 Å². The van der Waals surface area contributed by atoms with Gasteiger partial charge in [-0.05, 0) is 11.4 Å². The predicted octanol–water partition coefficient (Wildman–Crippen LogP) is 2.38. The number of nitro benzene ring substituents is 1. The minimum Gasteiger partial charge on any atom is -0.422 e. The molecule has 1 aliphatic carbocycles.